The maximum Gasteiger partial charge on any atom is 0.0503 e. The molecule has 0 aromatic carbocycles. The third-order valence-corrected chi connectivity index (χ3v) is 3.87. The average Bonchev–Trinajstić information content (AvgIpc) is 2.68. The van der Waals surface area contributed by atoms with Gasteiger partial charge in [0.05, 0.1) is 6.61 Å². The topological polar surface area (TPSA) is 38.5 Å². The van der Waals surface area contributed by atoms with Gasteiger partial charge in [-0.2, -0.15) is 0 Å². The van der Waals surface area contributed by atoms with Crippen LogP contribution in [-0.4, -0.2) is 43.8 Å². The van der Waals surface area contributed by atoms with Crippen molar-refractivity contribution in [1.82, 2.24) is 4.90 Å². The molecular weight excluding hydrogens is 200 g/mol. The first kappa shape index (κ1) is 13.9. The standard InChI is InChI=1S/C13H28N2O/c1-10(2)12-6-5-7-15(12)13(8-14)11(3)9-16-4/h10-13H,5-9,14H2,1-4H3. The largest absolute Gasteiger partial charge is 0.384 e. The molecular formula is C13H28N2O. The molecule has 0 spiro atoms. The molecule has 3 nitrogen and oxygen atoms in total. The normalized spacial score (nSPS) is 26.2. The van der Waals surface area contributed by atoms with Gasteiger partial charge in [-0.1, -0.05) is 20.8 Å². The van der Waals surface area contributed by atoms with E-state index in [9.17, 15) is 0 Å². The predicted molar refractivity (Wildman–Crippen MR) is 68.4 cm³/mol. The van der Waals surface area contributed by atoms with Crippen LogP contribution < -0.4 is 5.73 Å². The van der Waals surface area contributed by atoms with Crippen LogP contribution in [0.1, 0.15) is 33.6 Å². The molecule has 0 bridgehead atoms. The van der Waals surface area contributed by atoms with Crippen LogP contribution in [0.25, 0.3) is 0 Å². The van der Waals surface area contributed by atoms with Crippen molar-refractivity contribution in [3.8, 4) is 0 Å². The lowest BCUT2D eigenvalue weighted by Crippen LogP contribution is -2.49. The van der Waals surface area contributed by atoms with Crippen molar-refractivity contribution < 1.29 is 4.74 Å². The quantitative estimate of drug-likeness (QED) is 0.752. The van der Waals surface area contributed by atoms with E-state index in [-0.39, 0.29) is 0 Å². The van der Waals surface area contributed by atoms with Gasteiger partial charge >= 0.3 is 0 Å². The van der Waals surface area contributed by atoms with Crippen LogP contribution in [-0.2, 0) is 4.74 Å². The SMILES string of the molecule is COCC(C)C(CN)N1CCCC1C(C)C. The summed E-state index contributed by atoms with van der Waals surface area (Å²) in [5.74, 6) is 1.25. The lowest BCUT2D eigenvalue weighted by Gasteiger charge is -2.37. The van der Waals surface area contributed by atoms with Crippen molar-refractivity contribution in [3.63, 3.8) is 0 Å². The van der Waals surface area contributed by atoms with Crippen LogP contribution >= 0.6 is 0 Å². The van der Waals surface area contributed by atoms with E-state index in [0.29, 0.717) is 18.0 Å². The van der Waals surface area contributed by atoms with E-state index in [1.165, 1.54) is 19.4 Å². The summed E-state index contributed by atoms with van der Waals surface area (Å²) in [4.78, 5) is 2.62. The fraction of sp³-hybridized carbons (Fsp3) is 1.00. The van der Waals surface area contributed by atoms with Crippen molar-refractivity contribution in [2.45, 2.75) is 45.7 Å². The Balaban J connectivity index is 2.63. The molecule has 0 aromatic heterocycles. The molecule has 0 radical (unpaired) electrons. The molecule has 3 atom stereocenters. The van der Waals surface area contributed by atoms with Gasteiger partial charge in [0.25, 0.3) is 0 Å². The van der Waals surface area contributed by atoms with Gasteiger partial charge in [-0.15, -0.1) is 0 Å². The molecule has 0 aliphatic carbocycles. The first-order chi connectivity index (χ1) is 7.61. The summed E-state index contributed by atoms with van der Waals surface area (Å²) in [7, 11) is 1.77. The maximum atomic E-state index is 5.95. The summed E-state index contributed by atoms with van der Waals surface area (Å²) in [5.41, 5.74) is 5.95. The van der Waals surface area contributed by atoms with E-state index in [4.69, 9.17) is 10.5 Å². The Bertz CT molecular complexity index is 196. The Morgan fingerprint density at radius 2 is 2.06 bits per heavy atom. The highest BCUT2D eigenvalue weighted by Gasteiger charge is 2.34. The third kappa shape index (κ3) is 3.19. The highest BCUT2D eigenvalue weighted by atomic mass is 16.5. The van der Waals surface area contributed by atoms with E-state index in [0.717, 1.165) is 19.1 Å². The number of nitrogens with two attached hydrogens (primary N) is 1. The zero-order valence-corrected chi connectivity index (χ0v) is 11.3. The summed E-state index contributed by atoms with van der Waals surface area (Å²) in [5, 5.41) is 0. The van der Waals surface area contributed by atoms with Crippen LogP contribution in [0.4, 0.5) is 0 Å². The number of nitrogens with zero attached hydrogens (tertiary/aromatic N) is 1. The fourth-order valence-electron chi connectivity index (χ4n) is 3.01. The van der Waals surface area contributed by atoms with E-state index in [1.54, 1.807) is 7.11 Å². The molecule has 1 saturated heterocycles. The minimum Gasteiger partial charge on any atom is -0.384 e. The Labute approximate surface area is 100 Å². The van der Waals surface area contributed by atoms with E-state index >= 15 is 0 Å². The van der Waals surface area contributed by atoms with Gasteiger partial charge in [-0.3, -0.25) is 4.90 Å². The van der Waals surface area contributed by atoms with Crippen molar-refractivity contribution in [3.05, 3.63) is 0 Å². The molecule has 3 heteroatoms. The number of rotatable bonds is 6. The molecule has 1 rings (SSSR count). The molecule has 3 unspecified atom stereocenters. The van der Waals surface area contributed by atoms with Crippen LogP contribution in [0.5, 0.6) is 0 Å². The van der Waals surface area contributed by atoms with Crippen molar-refractivity contribution in [1.29, 1.82) is 0 Å². The Hall–Kier alpha value is -0.120. The second-order valence-electron chi connectivity index (χ2n) is 5.43. The summed E-state index contributed by atoms with van der Waals surface area (Å²) in [6.45, 7) is 9.64. The monoisotopic (exact) mass is 228 g/mol. The highest BCUT2D eigenvalue weighted by molar-refractivity contribution is 4.89. The second kappa shape index (κ2) is 6.58. The second-order valence-corrected chi connectivity index (χ2v) is 5.43. The Kier molecular flexibility index (Phi) is 5.73. The van der Waals surface area contributed by atoms with Gasteiger partial charge in [-0.25, -0.2) is 0 Å². The van der Waals surface area contributed by atoms with Gasteiger partial charge in [0.1, 0.15) is 0 Å². The van der Waals surface area contributed by atoms with Crippen molar-refractivity contribution in [2.24, 2.45) is 17.6 Å². The summed E-state index contributed by atoms with van der Waals surface area (Å²) >= 11 is 0. The molecule has 1 aliphatic heterocycles. The molecule has 16 heavy (non-hydrogen) atoms. The predicted octanol–water partition coefficient (Wildman–Crippen LogP) is 1.72. The molecule has 0 saturated carbocycles. The molecule has 0 aromatic rings. The molecule has 2 N–H and O–H groups in total. The van der Waals surface area contributed by atoms with Crippen LogP contribution in [0.3, 0.4) is 0 Å². The number of hydrogen-bond donors (Lipinski definition) is 1. The number of methoxy groups -OCH3 is 1. The summed E-state index contributed by atoms with van der Waals surface area (Å²) in [6.07, 6.45) is 2.65. The Morgan fingerprint density at radius 1 is 1.38 bits per heavy atom. The first-order valence-electron chi connectivity index (χ1n) is 6.56. The van der Waals surface area contributed by atoms with E-state index in [1.807, 2.05) is 0 Å². The fourth-order valence-corrected chi connectivity index (χ4v) is 3.01. The zero-order chi connectivity index (χ0) is 12.1. The minimum atomic E-state index is 0.481. The molecule has 1 heterocycles. The van der Waals surface area contributed by atoms with Gasteiger partial charge in [-0.05, 0) is 31.2 Å². The number of hydrogen-bond acceptors (Lipinski definition) is 3. The average molecular weight is 228 g/mol. The van der Waals surface area contributed by atoms with Gasteiger partial charge in [0, 0.05) is 25.7 Å². The number of likely N-dealkylation sites (tertiary alicyclic amines) is 1. The van der Waals surface area contributed by atoms with Crippen molar-refractivity contribution in [2.75, 3.05) is 26.8 Å². The Morgan fingerprint density at radius 3 is 2.56 bits per heavy atom. The zero-order valence-electron chi connectivity index (χ0n) is 11.3. The third-order valence-electron chi connectivity index (χ3n) is 3.87. The van der Waals surface area contributed by atoms with E-state index < -0.39 is 0 Å². The highest BCUT2D eigenvalue weighted by Crippen LogP contribution is 2.28. The molecule has 1 fully saturated rings. The lowest BCUT2D eigenvalue weighted by molar-refractivity contribution is 0.0661. The summed E-state index contributed by atoms with van der Waals surface area (Å²) < 4.78 is 5.26. The van der Waals surface area contributed by atoms with Gasteiger partial charge in [0.15, 0.2) is 0 Å². The maximum absolute atomic E-state index is 5.95. The lowest BCUT2D eigenvalue weighted by atomic mass is 9.96. The number of ether oxygens (including phenoxy) is 1. The van der Waals surface area contributed by atoms with Gasteiger partial charge in [0.2, 0.25) is 0 Å². The van der Waals surface area contributed by atoms with E-state index in [2.05, 4.69) is 25.7 Å². The van der Waals surface area contributed by atoms with Crippen LogP contribution in [0, 0.1) is 11.8 Å². The summed E-state index contributed by atoms with van der Waals surface area (Å²) in [6, 6.07) is 1.20. The molecule has 1 aliphatic rings. The van der Waals surface area contributed by atoms with Gasteiger partial charge < -0.3 is 10.5 Å². The van der Waals surface area contributed by atoms with Crippen molar-refractivity contribution >= 4 is 0 Å². The smallest absolute Gasteiger partial charge is 0.0503 e. The molecule has 96 valence electrons. The first-order valence-corrected chi connectivity index (χ1v) is 6.56. The van der Waals surface area contributed by atoms with Crippen LogP contribution in [0.15, 0.2) is 0 Å². The minimum absolute atomic E-state index is 0.481. The van der Waals surface area contributed by atoms with Crippen LogP contribution in [0.2, 0.25) is 0 Å². The molecule has 0 amide bonds.